The second kappa shape index (κ2) is 15.4. The minimum absolute atomic E-state index is 0.00880. The molecule has 46 heavy (non-hydrogen) atoms. The third kappa shape index (κ3) is 7.83. The first-order valence-corrected chi connectivity index (χ1v) is 16.1. The lowest BCUT2D eigenvalue weighted by Gasteiger charge is -2.22. The highest BCUT2D eigenvalue weighted by molar-refractivity contribution is 7.99. The molecule has 1 fully saturated rings. The highest BCUT2D eigenvalue weighted by Gasteiger charge is 2.35. The van der Waals surface area contributed by atoms with Crippen molar-refractivity contribution in [2.45, 2.75) is 43.9 Å². The number of unbranched alkanes of at least 4 members (excludes halogenated alkanes) is 1. The smallest absolute Gasteiger partial charge is 0.411 e. The van der Waals surface area contributed by atoms with Gasteiger partial charge in [-0.05, 0) is 59.2 Å². The molecule has 3 N–H and O–H groups in total. The summed E-state index contributed by atoms with van der Waals surface area (Å²) in [7, 11) is 0. The number of carbonyl (C=O) groups excluding carboxylic acids is 3. The normalized spacial score (nSPS) is 15.7. The summed E-state index contributed by atoms with van der Waals surface area (Å²) in [5.41, 5.74) is 14.2. The van der Waals surface area contributed by atoms with Gasteiger partial charge in [0.15, 0.2) is 0 Å². The lowest BCUT2D eigenvalue weighted by Crippen LogP contribution is -2.47. The number of carbonyl (C=O) groups is 4. The number of carboxylic acid groups (broad SMARTS) is 1. The number of nitrogens with zero attached hydrogens (tertiary/aromatic N) is 3. The number of fused-ring (bicyclic) bond motifs is 3. The fourth-order valence-corrected chi connectivity index (χ4v) is 6.71. The summed E-state index contributed by atoms with van der Waals surface area (Å²) in [6.07, 6.45) is -0.354. The minimum atomic E-state index is -1.17. The molecule has 240 valence electrons. The molecule has 0 saturated carbocycles. The number of nitrogens with one attached hydrogen (secondary N) is 2. The van der Waals surface area contributed by atoms with Gasteiger partial charge in [-0.25, -0.2) is 14.4 Å². The van der Waals surface area contributed by atoms with E-state index in [9.17, 15) is 24.3 Å². The topological polar surface area (TPSA) is 169 Å². The number of thioether (sulfide) groups is 1. The summed E-state index contributed by atoms with van der Waals surface area (Å²) in [4.78, 5) is 51.3. The Balaban J connectivity index is 1.02. The SMILES string of the molecule is [N-]=Nc1ccc(COC(=O)N2CSC[C@H]2C(=O)NCCCC[C@H](NC(=O)OCC2c3ccccc3-c3ccccc32)C(=O)O)cc1. The minimum Gasteiger partial charge on any atom is -0.706 e. The van der Waals surface area contributed by atoms with Crippen LogP contribution in [-0.2, 0) is 25.7 Å². The quantitative estimate of drug-likeness (QED) is 0.159. The van der Waals surface area contributed by atoms with Gasteiger partial charge in [0.25, 0.3) is 0 Å². The summed E-state index contributed by atoms with van der Waals surface area (Å²) >= 11 is 1.44. The Morgan fingerprint density at radius 1 is 0.957 bits per heavy atom. The summed E-state index contributed by atoms with van der Waals surface area (Å²) in [6, 6.07) is 20.6. The molecule has 3 aromatic carbocycles. The summed E-state index contributed by atoms with van der Waals surface area (Å²) in [5.74, 6) is -0.876. The molecule has 3 amide bonds. The Hall–Kier alpha value is -4.91. The molecule has 1 aliphatic heterocycles. The molecular weight excluding hydrogens is 610 g/mol. The van der Waals surface area contributed by atoms with E-state index in [1.807, 2.05) is 48.5 Å². The number of alkyl carbamates (subject to hydrolysis) is 1. The third-order valence-corrected chi connectivity index (χ3v) is 9.00. The average Bonchev–Trinajstić information content (AvgIpc) is 3.69. The van der Waals surface area contributed by atoms with E-state index in [1.165, 1.54) is 16.7 Å². The van der Waals surface area contributed by atoms with Gasteiger partial charge in [-0.1, -0.05) is 60.7 Å². The van der Waals surface area contributed by atoms with E-state index in [2.05, 4.69) is 15.7 Å². The highest BCUT2D eigenvalue weighted by Crippen LogP contribution is 2.44. The molecule has 1 aliphatic carbocycles. The molecule has 0 radical (unpaired) electrons. The maximum Gasteiger partial charge on any atom is 0.411 e. The van der Waals surface area contributed by atoms with Crippen LogP contribution < -0.4 is 10.6 Å². The van der Waals surface area contributed by atoms with Crippen LogP contribution >= 0.6 is 11.8 Å². The van der Waals surface area contributed by atoms with Gasteiger partial charge in [0.2, 0.25) is 5.91 Å². The second-order valence-corrected chi connectivity index (χ2v) is 12.0. The molecular formula is C33H34N5O7S-. The zero-order chi connectivity index (χ0) is 32.5. The van der Waals surface area contributed by atoms with Crippen molar-refractivity contribution >= 4 is 41.5 Å². The molecule has 0 spiro atoms. The van der Waals surface area contributed by atoms with Crippen molar-refractivity contribution in [1.29, 1.82) is 0 Å². The van der Waals surface area contributed by atoms with E-state index in [-0.39, 0.29) is 38.0 Å². The van der Waals surface area contributed by atoms with Crippen molar-refractivity contribution in [1.82, 2.24) is 15.5 Å². The predicted molar refractivity (Wildman–Crippen MR) is 172 cm³/mol. The van der Waals surface area contributed by atoms with Gasteiger partial charge in [0.1, 0.15) is 25.3 Å². The maximum absolute atomic E-state index is 12.8. The van der Waals surface area contributed by atoms with Gasteiger partial charge in [-0.15, -0.1) is 11.8 Å². The van der Waals surface area contributed by atoms with Crippen LogP contribution in [0.4, 0.5) is 15.3 Å². The fourth-order valence-electron chi connectivity index (χ4n) is 5.57. The van der Waals surface area contributed by atoms with Crippen molar-refractivity contribution in [2.24, 2.45) is 5.11 Å². The van der Waals surface area contributed by atoms with Gasteiger partial charge in [0, 0.05) is 23.9 Å². The van der Waals surface area contributed by atoms with E-state index in [0.717, 1.165) is 22.3 Å². The lowest BCUT2D eigenvalue weighted by atomic mass is 9.98. The van der Waals surface area contributed by atoms with Crippen LogP contribution in [0.15, 0.2) is 77.9 Å². The van der Waals surface area contributed by atoms with Crippen LogP contribution in [0, 0.1) is 0 Å². The van der Waals surface area contributed by atoms with Crippen molar-refractivity contribution in [3.63, 3.8) is 0 Å². The van der Waals surface area contributed by atoms with E-state index in [1.54, 1.807) is 24.3 Å². The predicted octanol–water partition coefficient (Wildman–Crippen LogP) is 5.63. The maximum atomic E-state index is 12.8. The van der Waals surface area contributed by atoms with Gasteiger partial charge in [-0.2, -0.15) is 0 Å². The van der Waals surface area contributed by atoms with Crippen molar-refractivity contribution in [3.05, 3.63) is 95.0 Å². The molecule has 0 unspecified atom stereocenters. The molecule has 3 aromatic rings. The van der Waals surface area contributed by atoms with Gasteiger partial charge < -0.3 is 35.9 Å². The van der Waals surface area contributed by atoms with Crippen LogP contribution in [0.2, 0.25) is 0 Å². The standard InChI is InChI=1S/C33H34N5O7S/c34-37-22-14-12-21(13-15-22)17-45-33(43)38-20-46-19-29(38)30(39)35-16-6-5-11-28(31(40)41)36-32(42)44-18-27-25-9-3-1-7-23(25)24-8-2-4-10-26(24)27/h1-4,7-10,12-15,27-29H,5-6,11,16-20H2,(H,35,39)(H,36,42)(H,40,41)/q-1/t28-,29-/m0/s1. The molecule has 12 nitrogen and oxygen atoms in total. The zero-order valence-corrected chi connectivity index (χ0v) is 25.8. The first-order chi connectivity index (χ1) is 22.4. The number of rotatable bonds is 13. The molecule has 1 heterocycles. The highest BCUT2D eigenvalue weighted by atomic mass is 32.2. The van der Waals surface area contributed by atoms with Crippen LogP contribution in [0.5, 0.6) is 0 Å². The van der Waals surface area contributed by atoms with Crippen LogP contribution in [0.1, 0.15) is 41.9 Å². The van der Waals surface area contributed by atoms with Crippen molar-refractivity contribution in [3.8, 4) is 11.1 Å². The third-order valence-electron chi connectivity index (χ3n) is 7.99. The van der Waals surface area contributed by atoms with Crippen molar-refractivity contribution in [2.75, 3.05) is 24.8 Å². The largest absolute Gasteiger partial charge is 0.706 e. The van der Waals surface area contributed by atoms with Gasteiger partial charge >= 0.3 is 18.2 Å². The fraction of sp³-hybridized carbons (Fsp3) is 0.333. The molecule has 2 atom stereocenters. The van der Waals surface area contributed by atoms with Crippen LogP contribution in [0.3, 0.4) is 0 Å². The summed E-state index contributed by atoms with van der Waals surface area (Å²) in [5, 5.41) is 18.0. The Morgan fingerprint density at radius 3 is 2.28 bits per heavy atom. The molecule has 1 saturated heterocycles. The van der Waals surface area contributed by atoms with E-state index in [0.29, 0.717) is 35.7 Å². The van der Waals surface area contributed by atoms with E-state index < -0.39 is 30.2 Å². The Bertz CT molecular complexity index is 1540. The lowest BCUT2D eigenvalue weighted by molar-refractivity contribution is -0.139. The zero-order valence-electron chi connectivity index (χ0n) is 25.0. The average molecular weight is 645 g/mol. The van der Waals surface area contributed by atoms with Crippen molar-refractivity contribution < 1.29 is 33.8 Å². The van der Waals surface area contributed by atoms with E-state index >= 15 is 0 Å². The number of hydrogen-bond acceptors (Lipinski definition) is 8. The molecule has 5 rings (SSSR count). The van der Waals surface area contributed by atoms with Gasteiger partial charge in [0.05, 0.1) is 5.88 Å². The number of carboxylic acids is 1. The first-order valence-electron chi connectivity index (χ1n) is 14.9. The van der Waals surface area contributed by atoms with Crippen LogP contribution in [-0.4, -0.2) is 70.9 Å². The van der Waals surface area contributed by atoms with Gasteiger partial charge in [-0.3, -0.25) is 9.69 Å². The summed E-state index contributed by atoms with van der Waals surface area (Å²) in [6.45, 7) is 0.369. The number of hydrogen-bond donors (Lipinski definition) is 3. The molecule has 13 heteroatoms. The molecule has 0 aromatic heterocycles. The first kappa shape index (κ1) is 32.5. The van der Waals surface area contributed by atoms with Crippen LogP contribution in [0.25, 0.3) is 16.7 Å². The monoisotopic (exact) mass is 644 g/mol. The Labute approximate surface area is 270 Å². The second-order valence-electron chi connectivity index (χ2n) is 11.0. The number of ether oxygens (including phenoxy) is 2. The number of benzene rings is 3. The molecule has 2 aliphatic rings. The van der Waals surface area contributed by atoms with E-state index in [4.69, 9.17) is 15.0 Å². The number of aliphatic carboxylic acids is 1. The number of amides is 3. The Morgan fingerprint density at radius 2 is 1.63 bits per heavy atom. The summed E-state index contributed by atoms with van der Waals surface area (Å²) < 4.78 is 10.9. The Kier molecular flexibility index (Phi) is 10.9. The molecule has 0 bridgehead atoms.